The number of fused-ring (bicyclic) bond motifs is 4. The molecule has 1 aliphatic rings. The Morgan fingerprint density at radius 3 is 1.72 bits per heavy atom. The zero-order valence-electron chi connectivity index (χ0n) is 38.9. The first-order valence-electron chi connectivity index (χ1n) is 23.4. The van der Waals surface area contributed by atoms with Gasteiger partial charge in [-0.25, -0.2) is 0 Å². The summed E-state index contributed by atoms with van der Waals surface area (Å²) in [6, 6.07) is 79.5. The SMILES string of the molecule is C/C=C\C(=C/C)c1cccc(-c2c3ccc(Nc4ccccc4N(C)c4ccccc4)cc3c(-c3cccc(-c4ccccc4)c3)c3ccc(N4c5ccccc5N(C)c5ccccc54)cc23)c1. The van der Waals surface area contributed by atoms with Crippen molar-refractivity contribution in [3.8, 4) is 33.4 Å². The Morgan fingerprint density at radius 1 is 0.471 bits per heavy atom. The number of nitrogens with one attached hydrogen (secondary N) is 1. The molecule has 0 atom stereocenters. The molecule has 4 heteroatoms. The van der Waals surface area contributed by atoms with E-state index in [-0.39, 0.29) is 0 Å². The van der Waals surface area contributed by atoms with E-state index in [4.69, 9.17) is 0 Å². The van der Waals surface area contributed by atoms with Crippen LogP contribution in [0.1, 0.15) is 19.4 Å². The molecule has 0 amide bonds. The van der Waals surface area contributed by atoms with Crippen molar-refractivity contribution in [2.24, 2.45) is 0 Å². The maximum Gasteiger partial charge on any atom is 0.0699 e. The molecule has 68 heavy (non-hydrogen) atoms. The average molecular weight is 877 g/mol. The molecule has 4 nitrogen and oxygen atoms in total. The lowest BCUT2D eigenvalue weighted by Crippen LogP contribution is -2.23. The zero-order chi connectivity index (χ0) is 46.1. The summed E-state index contributed by atoms with van der Waals surface area (Å²) < 4.78 is 0. The first-order valence-corrected chi connectivity index (χ1v) is 23.4. The summed E-state index contributed by atoms with van der Waals surface area (Å²) in [5.41, 5.74) is 19.4. The molecule has 328 valence electrons. The molecule has 0 radical (unpaired) electrons. The highest BCUT2D eigenvalue weighted by atomic mass is 15.3. The number of anilines is 9. The third-order valence-electron chi connectivity index (χ3n) is 13.4. The van der Waals surface area contributed by atoms with E-state index in [0.29, 0.717) is 0 Å². The van der Waals surface area contributed by atoms with E-state index in [1.807, 2.05) is 0 Å². The Bertz CT molecular complexity index is 3500. The van der Waals surface area contributed by atoms with Gasteiger partial charge in [-0.2, -0.15) is 0 Å². The number of hydrogen-bond donors (Lipinski definition) is 1. The van der Waals surface area contributed by atoms with Crippen molar-refractivity contribution in [3.63, 3.8) is 0 Å². The van der Waals surface area contributed by atoms with Gasteiger partial charge in [0.15, 0.2) is 0 Å². The molecule has 10 aromatic carbocycles. The zero-order valence-corrected chi connectivity index (χ0v) is 38.9. The standard InChI is InChI=1S/C64H52N4/c1-5-21-44(6-2)46-24-19-26-48(40-46)64-53-38-36-50(65-57-30-13-14-31-58(57)66(3)51-28-11-8-12-29-51)42-55(53)63(49-27-20-25-47(41-49)45-22-9-7-10-23-45)54-39-37-52(43-56(54)64)68-61-34-17-15-32-59(61)67(4)60-33-16-18-35-62(60)68/h5-43,65H,1-4H3/b21-5-,44-6+. The van der Waals surface area contributed by atoms with Crippen LogP contribution in [0, 0.1) is 0 Å². The highest BCUT2D eigenvalue weighted by Crippen LogP contribution is 2.53. The molecule has 1 aliphatic heterocycles. The van der Waals surface area contributed by atoms with E-state index in [1.54, 1.807) is 0 Å². The van der Waals surface area contributed by atoms with Crippen LogP contribution in [0.4, 0.5) is 51.2 Å². The van der Waals surface area contributed by atoms with Gasteiger partial charge >= 0.3 is 0 Å². The lowest BCUT2D eigenvalue weighted by Gasteiger charge is -2.38. The third kappa shape index (κ3) is 7.56. The molecule has 0 unspecified atom stereocenters. The number of rotatable bonds is 10. The van der Waals surface area contributed by atoms with E-state index >= 15 is 0 Å². The Labute approximate surface area is 400 Å². The van der Waals surface area contributed by atoms with Gasteiger partial charge in [0, 0.05) is 31.2 Å². The van der Waals surface area contributed by atoms with Gasteiger partial charge in [0.2, 0.25) is 0 Å². The minimum atomic E-state index is 1.01. The van der Waals surface area contributed by atoms with Gasteiger partial charge in [-0.15, -0.1) is 0 Å². The number of para-hydroxylation sites is 7. The monoisotopic (exact) mass is 876 g/mol. The van der Waals surface area contributed by atoms with Gasteiger partial charge in [0.1, 0.15) is 0 Å². The number of hydrogen-bond acceptors (Lipinski definition) is 4. The second kappa shape index (κ2) is 18.0. The van der Waals surface area contributed by atoms with Crippen molar-refractivity contribution in [1.29, 1.82) is 0 Å². The van der Waals surface area contributed by atoms with Crippen molar-refractivity contribution in [1.82, 2.24) is 0 Å². The first-order chi connectivity index (χ1) is 33.5. The fraction of sp³-hybridized carbons (Fsp3) is 0.0625. The van der Waals surface area contributed by atoms with E-state index in [9.17, 15) is 0 Å². The summed E-state index contributed by atoms with van der Waals surface area (Å²) in [5, 5.41) is 8.61. The van der Waals surface area contributed by atoms with Crippen LogP contribution in [0.3, 0.4) is 0 Å². The lowest BCUT2D eigenvalue weighted by molar-refractivity contribution is 1.13. The van der Waals surface area contributed by atoms with Crippen LogP contribution in [0.5, 0.6) is 0 Å². The molecule has 0 saturated heterocycles. The maximum absolute atomic E-state index is 3.89. The first kappa shape index (κ1) is 42.1. The lowest BCUT2D eigenvalue weighted by atomic mass is 9.84. The molecule has 0 saturated carbocycles. The highest BCUT2D eigenvalue weighted by molar-refractivity contribution is 6.23. The minimum absolute atomic E-state index is 1.01. The molecular formula is C64H52N4. The number of allylic oxidation sites excluding steroid dienone is 4. The molecule has 0 fully saturated rings. The van der Waals surface area contributed by atoms with Crippen LogP contribution in [-0.2, 0) is 0 Å². The summed E-state index contributed by atoms with van der Waals surface area (Å²) in [6.45, 7) is 4.20. The third-order valence-corrected chi connectivity index (χ3v) is 13.4. The topological polar surface area (TPSA) is 21.8 Å². The van der Waals surface area contributed by atoms with Gasteiger partial charge in [-0.05, 0) is 165 Å². The van der Waals surface area contributed by atoms with Gasteiger partial charge < -0.3 is 20.0 Å². The van der Waals surface area contributed by atoms with E-state index < -0.39 is 0 Å². The Kier molecular flexibility index (Phi) is 11.1. The fourth-order valence-corrected chi connectivity index (χ4v) is 10.2. The van der Waals surface area contributed by atoms with Crippen LogP contribution in [-0.4, -0.2) is 14.1 Å². The molecule has 11 rings (SSSR count). The van der Waals surface area contributed by atoms with Crippen molar-refractivity contribution in [3.05, 3.63) is 242 Å². The van der Waals surface area contributed by atoms with E-state index in [1.165, 1.54) is 54.9 Å². The van der Waals surface area contributed by atoms with Gasteiger partial charge in [-0.3, -0.25) is 0 Å². The molecule has 0 aliphatic carbocycles. The quantitative estimate of drug-likeness (QED) is 0.109. The average Bonchev–Trinajstić information content (AvgIpc) is 3.40. The Balaban J connectivity index is 1.20. The molecular weight excluding hydrogens is 825 g/mol. The summed E-state index contributed by atoms with van der Waals surface area (Å²) in [7, 11) is 4.29. The molecule has 1 heterocycles. The van der Waals surface area contributed by atoms with Crippen molar-refractivity contribution in [2.45, 2.75) is 13.8 Å². The van der Waals surface area contributed by atoms with E-state index in [2.05, 4.69) is 285 Å². The van der Waals surface area contributed by atoms with Crippen LogP contribution >= 0.6 is 0 Å². The largest absolute Gasteiger partial charge is 0.354 e. The van der Waals surface area contributed by atoms with Crippen LogP contribution in [0.15, 0.2) is 237 Å². The van der Waals surface area contributed by atoms with Crippen molar-refractivity contribution >= 4 is 78.3 Å². The van der Waals surface area contributed by atoms with Crippen LogP contribution in [0.25, 0.3) is 60.5 Å². The summed E-state index contributed by atoms with van der Waals surface area (Å²) >= 11 is 0. The summed E-state index contributed by atoms with van der Waals surface area (Å²) in [5.74, 6) is 0. The van der Waals surface area contributed by atoms with Gasteiger partial charge in [0.05, 0.1) is 34.1 Å². The summed E-state index contributed by atoms with van der Waals surface area (Å²) in [4.78, 5) is 6.98. The smallest absolute Gasteiger partial charge is 0.0699 e. The molecule has 0 bridgehead atoms. The predicted octanol–water partition coefficient (Wildman–Crippen LogP) is 18.0. The maximum atomic E-state index is 3.89. The number of benzene rings is 10. The normalized spacial score (nSPS) is 12.4. The molecule has 0 spiro atoms. The van der Waals surface area contributed by atoms with Gasteiger partial charge in [0.25, 0.3) is 0 Å². The second-order valence-corrected chi connectivity index (χ2v) is 17.4. The molecule has 10 aromatic rings. The Hall–Kier alpha value is -8.60. The van der Waals surface area contributed by atoms with Crippen LogP contribution < -0.4 is 20.0 Å². The molecule has 0 aromatic heterocycles. The van der Waals surface area contributed by atoms with Gasteiger partial charge in [-0.1, -0.05) is 152 Å². The second-order valence-electron chi connectivity index (χ2n) is 17.4. The van der Waals surface area contributed by atoms with Crippen molar-refractivity contribution in [2.75, 3.05) is 34.1 Å². The molecule has 1 N–H and O–H groups in total. The van der Waals surface area contributed by atoms with Crippen LogP contribution in [0.2, 0.25) is 0 Å². The fourth-order valence-electron chi connectivity index (χ4n) is 10.2. The minimum Gasteiger partial charge on any atom is -0.354 e. The Morgan fingerprint density at radius 2 is 1.03 bits per heavy atom. The van der Waals surface area contributed by atoms with Crippen molar-refractivity contribution < 1.29 is 0 Å². The predicted molar refractivity (Wildman–Crippen MR) is 293 cm³/mol. The summed E-state index contributed by atoms with van der Waals surface area (Å²) in [6.07, 6.45) is 6.51. The number of nitrogens with zero attached hydrogens (tertiary/aromatic N) is 3. The highest BCUT2D eigenvalue weighted by Gasteiger charge is 2.28. The van der Waals surface area contributed by atoms with E-state index in [0.717, 1.165) is 62.3 Å².